The lowest BCUT2D eigenvalue weighted by Gasteiger charge is -2.22. The first kappa shape index (κ1) is 18.2. The van der Waals surface area contributed by atoms with Gasteiger partial charge in [-0.15, -0.1) is 0 Å². The molecule has 0 atom stereocenters. The minimum atomic E-state index is -0.309. The van der Waals surface area contributed by atoms with Gasteiger partial charge in [0.2, 0.25) is 0 Å². The smallest absolute Gasteiger partial charge is 0.261 e. The quantitative estimate of drug-likeness (QED) is 0.554. The number of amides is 1. The summed E-state index contributed by atoms with van der Waals surface area (Å²) in [4.78, 5) is 14.3. The molecule has 1 amide bonds. The van der Waals surface area contributed by atoms with Crippen molar-refractivity contribution in [2.24, 2.45) is 0 Å². The van der Waals surface area contributed by atoms with Crippen LogP contribution in [0.4, 0.5) is 4.39 Å². The van der Waals surface area contributed by atoms with Gasteiger partial charge >= 0.3 is 0 Å². The number of carbonyl (C=O) groups excluding carboxylic acids is 1. The van der Waals surface area contributed by atoms with Crippen molar-refractivity contribution >= 4 is 21.8 Å². The number of benzene rings is 2. The van der Waals surface area contributed by atoms with Gasteiger partial charge < -0.3 is 14.1 Å². The first-order chi connectivity index (χ1) is 12.6. The summed E-state index contributed by atoms with van der Waals surface area (Å²) in [5, 5.41) is 0. The number of nitrogens with zero attached hydrogens (tertiary/aromatic N) is 1. The van der Waals surface area contributed by atoms with Crippen LogP contribution in [-0.2, 0) is 17.9 Å². The van der Waals surface area contributed by atoms with Crippen molar-refractivity contribution in [3.8, 4) is 5.75 Å². The average molecular weight is 418 g/mol. The molecule has 3 aromatic rings. The van der Waals surface area contributed by atoms with Crippen molar-refractivity contribution in [1.82, 2.24) is 4.90 Å². The second kappa shape index (κ2) is 8.67. The first-order valence-electron chi connectivity index (χ1n) is 8.03. The molecule has 134 valence electrons. The first-order valence-corrected chi connectivity index (χ1v) is 8.82. The van der Waals surface area contributed by atoms with Crippen LogP contribution >= 0.6 is 15.9 Å². The van der Waals surface area contributed by atoms with E-state index in [2.05, 4.69) is 15.9 Å². The summed E-state index contributed by atoms with van der Waals surface area (Å²) in [5.41, 5.74) is 0.829. The zero-order valence-corrected chi connectivity index (χ0v) is 15.5. The Kier molecular flexibility index (Phi) is 6.07. The highest BCUT2D eigenvalue weighted by atomic mass is 79.9. The lowest BCUT2D eigenvalue weighted by Crippen LogP contribution is -2.34. The standard InChI is InChI=1S/C20H17BrFNO3/c21-16-5-9-18(10-6-16)26-14-20(24)23(13-19-2-1-11-25-19)12-15-3-7-17(22)8-4-15/h1-11H,12-14H2. The van der Waals surface area contributed by atoms with Gasteiger partial charge in [0.25, 0.3) is 5.91 Å². The lowest BCUT2D eigenvalue weighted by molar-refractivity contribution is -0.134. The van der Waals surface area contributed by atoms with Crippen LogP contribution in [0.25, 0.3) is 0 Å². The zero-order valence-electron chi connectivity index (χ0n) is 13.9. The van der Waals surface area contributed by atoms with Crippen molar-refractivity contribution in [2.75, 3.05) is 6.61 Å². The minimum absolute atomic E-state index is 0.0937. The molecule has 0 saturated heterocycles. The van der Waals surface area contributed by atoms with Crippen LogP contribution in [0.3, 0.4) is 0 Å². The van der Waals surface area contributed by atoms with Crippen molar-refractivity contribution in [1.29, 1.82) is 0 Å². The van der Waals surface area contributed by atoms with E-state index in [1.165, 1.54) is 12.1 Å². The Hall–Kier alpha value is -2.60. The van der Waals surface area contributed by atoms with E-state index in [-0.39, 0.29) is 18.3 Å². The molecule has 1 aromatic heterocycles. The van der Waals surface area contributed by atoms with Crippen LogP contribution in [0.5, 0.6) is 5.75 Å². The van der Waals surface area contributed by atoms with Gasteiger partial charge in [-0.1, -0.05) is 28.1 Å². The van der Waals surface area contributed by atoms with Gasteiger partial charge in [-0.05, 0) is 54.1 Å². The van der Waals surface area contributed by atoms with Crippen molar-refractivity contribution in [3.05, 3.63) is 88.5 Å². The number of hydrogen-bond acceptors (Lipinski definition) is 3. The second-order valence-corrected chi connectivity index (χ2v) is 6.61. The topological polar surface area (TPSA) is 42.7 Å². The summed E-state index contributed by atoms with van der Waals surface area (Å²) < 4.78 is 25.0. The summed E-state index contributed by atoms with van der Waals surface area (Å²) in [6, 6.07) is 16.9. The van der Waals surface area contributed by atoms with Crippen LogP contribution in [0.15, 0.2) is 75.8 Å². The molecule has 0 fully saturated rings. The summed E-state index contributed by atoms with van der Waals surface area (Å²) in [7, 11) is 0. The predicted molar refractivity (Wildman–Crippen MR) is 99.0 cm³/mol. The van der Waals surface area contributed by atoms with E-state index >= 15 is 0 Å². The maximum absolute atomic E-state index is 13.1. The highest BCUT2D eigenvalue weighted by Gasteiger charge is 2.17. The second-order valence-electron chi connectivity index (χ2n) is 5.70. The van der Waals surface area contributed by atoms with E-state index in [1.54, 1.807) is 47.6 Å². The molecule has 0 aliphatic carbocycles. The number of hydrogen-bond donors (Lipinski definition) is 0. The van der Waals surface area contributed by atoms with Crippen molar-refractivity contribution < 1.29 is 18.3 Å². The van der Waals surface area contributed by atoms with Crippen LogP contribution in [0.2, 0.25) is 0 Å². The van der Waals surface area contributed by atoms with Gasteiger partial charge in [0.1, 0.15) is 17.3 Å². The number of furan rings is 1. The van der Waals surface area contributed by atoms with Gasteiger partial charge in [0.05, 0.1) is 12.8 Å². The summed E-state index contributed by atoms with van der Waals surface area (Å²) >= 11 is 3.36. The van der Waals surface area contributed by atoms with Crippen LogP contribution in [0.1, 0.15) is 11.3 Å². The highest BCUT2D eigenvalue weighted by Crippen LogP contribution is 2.17. The third kappa shape index (κ3) is 5.20. The Labute approximate surface area is 159 Å². The molecule has 0 spiro atoms. The van der Waals surface area contributed by atoms with Crippen LogP contribution in [-0.4, -0.2) is 17.4 Å². The molecule has 6 heteroatoms. The largest absolute Gasteiger partial charge is 0.484 e. The maximum atomic E-state index is 13.1. The summed E-state index contributed by atoms with van der Waals surface area (Å²) in [5.74, 6) is 0.787. The van der Waals surface area contributed by atoms with E-state index < -0.39 is 0 Å². The zero-order chi connectivity index (χ0) is 18.4. The number of halogens is 2. The van der Waals surface area contributed by atoms with Gasteiger partial charge in [-0.3, -0.25) is 4.79 Å². The van der Waals surface area contributed by atoms with Crippen LogP contribution < -0.4 is 4.74 Å². The minimum Gasteiger partial charge on any atom is -0.484 e. The molecular weight excluding hydrogens is 401 g/mol. The van der Waals surface area contributed by atoms with Gasteiger partial charge in [0, 0.05) is 11.0 Å². The molecule has 0 unspecified atom stereocenters. The molecule has 4 nitrogen and oxygen atoms in total. The van der Waals surface area contributed by atoms with E-state index in [0.717, 1.165) is 10.0 Å². The monoisotopic (exact) mass is 417 g/mol. The average Bonchev–Trinajstić information content (AvgIpc) is 3.15. The molecule has 2 aromatic carbocycles. The Bertz CT molecular complexity index is 833. The van der Waals surface area contributed by atoms with Gasteiger partial charge in [0.15, 0.2) is 6.61 Å². The molecular formula is C20H17BrFNO3. The Morgan fingerprint density at radius 2 is 1.77 bits per heavy atom. The van der Waals surface area contributed by atoms with E-state index in [4.69, 9.17) is 9.15 Å². The van der Waals surface area contributed by atoms with E-state index in [9.17, 15) is 9.18 Å². The van der Waals surface area contributed by atoms with E-state index in [1.807, 2.05) is 12.1 Å². The Morgan fingerprint density at radius 3 is 2.42 bits per heavy atom. The molecule has 0 saturated carbocycles. The molecule has 0 N–H and O–H groups in total. The number of carbonyl (C=O) groups is 1. The molecule has 26 heavy (non-hydrogen) atoms. The Balaban J connectivity index is 1.67. The Morgan fingerprint density at radius 1 is 1.04 bits per heavy atom. The molecule has 0 bridgehead atoms. The van der Waals surface area contributed by atoms with Gasteiger partial charge in [-0.2, -0.15) is 0 Å². The van der Waals surface area contributed by atoms with Gasteiger partial charge in [-0.25, -0.2) is 4.39 Å². The SMILES string of the molecule is O=C(COc1ccc(Br)cc1)N(Cc1ccc(F)cc1)Cc1ccco1. The highest BCUT2D eigenvalue weighted by molar-refractivity contribution is 9.10. The third-order valence-corrected chi connectivity index (χ3v) is 4.27. The summed E-state index contributed by atoms with van der Waals surface area (Å²) in [6.07, 6.45) is 1.56. The fourth-order valence-electron chi connectivity index (χ4n) is 2.40. The fraction of sp³-hybridized carbons (Fsp3) is 0.150. The molecule has 0 radical (unpaired) electrons. The normalized spacial score (nSPS) is 10.5. The van der Waals surface area contributed by atoms with E-state index in [0.29, 0.717) is 24.6 Å². The lowest BCUT2D eigenvalue weighted by atomic mass is 10.2. The molecule has 3 rings (SSSR count). The van der Waals surface area contributed by atoms with Crippen LogP contribution in [0, 0.1) is 5.82 Å². The molecule has 0 aliphatic rings. The third-order valence-electron chi connectivity index (χ3n) is 3.74. The molecule has 0 aliphatic heterocycles. The van der Waals surface area contributed by atoms with Crippen molar-refractivity contribution in [3.63, 3.8) is 0 Å². The summed E-state index contributed by atoms with van der Waals surface area (Å²) in [6.45, 7) is 0.556. The maximum Gasteiger partial charge on any atom is 0.261 e. The number of rotatable bonds is 7. The fourth-order valence-corrected chi connectivity index (χ4v) is 2.66. The molecule has 1 heterocycles. The predicted octanol–water partition coefficient (Wildman–Crippen LogP) is 4.79. The number of ether oxygens (including phenoxy) is 1. The van der Waals surface area contributed by atoms with Crippen molar-refractivity contribution in [2.45, 2.75) is 13.1 Å².